The molecule has 2 aliphatic heterocycles. The van der Waals surface area contributed by atoms with Crippen molar-refractivity contribution in [1.82, 2.24) is 14.7 Å². The summed E-state index contributed by atoms with van der Waals surface area (Å²) in [6.07, 6.45) is 0.841. The van der Waals surface area contributed by atoms with Gasteiger partial charge in [0.25, 0.3) is 11.8 Å². The first-order chi connectivity index (χ1) is 14.5. The molecule has 0 aromatic heterocycles. The minimum atomic E-state index is -0.265. The van der Waals surface area contributed by atoms with Crippen molar-refractivity contribution in [2.45, 2.75) is 26.7 Å². The van der Waals surface area contributed by atoms with Crippen molar-refractivity contribution in [3.05, 3.63) is 47.5 Å². The Labute approximate surface area is 177 Å². The predicted molar refractivity (Wildman–Crippen MR) is 116 cm³/mol. The van der Waals surface area contributed by atoms with Crippen LogP contribution in [0.3, 0.4) is 0 Å². The van der Waals surface area contributed by atoms with E-state index >= 15 is 0 Å². The lowest BCUT2D eigenvalue weighted by atomic mass is 9.94. The molecule has 0 radical (unpaired) electrons. The Hall–Kier alpha value is -2.73. The Kier molecular flexibility index (Phi) is 5.86. The first-order valence-electron chi connectivity index (χ1n) is 10.8. The quantitative estimate of drug-likeness (QED) is 0.691. The van der Waals surface area contributed by atoms with Gasteiger partial charge in [-0.3, -0.25) is 24.2 Å². The smallest absolute Gasteiger partial charge is 0.261 e. The largest absolute Gasteiger partial charge is 0.340 e. The molecule has 0 saturated carbocycles. The topological polar surface area (TPSA) is 60.9 Å². The van der Waals surface area contributed by atoms with Gasteiger partial charge in [0.2, 0.25) is 5.91 Å². The number of nitrogens with zero attached hydrogens (tertiary/aromatic N) is 3. The summed E-state index contributed by atoms with van der Waals surface area (Å²) >= 11 is 0. The number of carbonyl (C=O) groups is 3. The Morgan fingerprint density at radius 2 is 1.53 bits per heavy atom. The average Bonchev–Trinajstić information content (AvgIpc) is 2.74. The number of amides is 3. The lowest BCUT2D eigenvalue weighted by Gasteiger charge is -2.35. The zero-order valence-electron chi connectivity index (χ0n) is 17.8. The van der Waals surface area contributed by atoms with Gasteiger partial charge in [0.15, 0.2) is 0 Å². The molecular formula is C24H29N3O3. The highest BCUT2D eigenvalue weighted by Crippen LogP contribution is 2.30. The standard InChI is InChI=1S/C24H29N3O3/c1-17(2)16-25-12-14-26(15-13-25)21(28)10-5-11-27-23(29)19-8-3-6-18-7-4-9-20(22(18)19)24(27)30/h3-4,6-9,17H,5,10-16H2,1-2H3. The molecular weight excluding hydrogens is 378 g/mol. The number of imide groups is 1. The first kappa shape index (κ1) is 20.5. The maximum absolute atomic E-state index is 12.9. The molecule has 0 atom stereocenters. The van der Waals surface area contributed by atoms with E-state index in [-0.39, 0.29) is 24.3 Å². The minimum absolute atomic E-state index is 0.110. The normalized spacial score (nSPS) is 17.3. The Bertz CT molecular complexity index is 926. The highest BCUT2D eigenvalue weighted by molar-refractivity contribution is 6.25. The number of piperazine rings is 1. The molecule has 4 rings (SSSR count). The maximum Gasteiger partial charge on any atom is 0.261 e. The van der Waals surface area contributed by atoms with Crippen molar-refractivity contribution < 1.29 is 14.4 Å². The molecule has 0 unspecified atom stereocenters. The SMILES string of the molecule is CC(C)CN1CCN(C(=O)CCCN2C(=O)c3cccc4cccc(c34)C2=O)CC1. The van der Waals surface area contributed by atoms with E-state index in [0.29, 0.717) is 29.9 Å². The zero-order valence-corrected chi connectivity index (χ0v) is 17.8. The van der Waals surface area contributed by atoms with E-state index < -0.39 is 0 Å². The lowest BCUT2D eigenvalue weighted by molar-refractivity contribution is -0.133. The molecule has 6 nitrogen and oxygen atoms in total. The summed E-state index contributed by atoms with van der Waals surface area (Å²) in [4.78, 5) is 44.0. The van der Waals surface area contributed by atoms with Crippen LogP contribution in [0.5, 0.6) is 0 Å². The molecule has 0 N–H and O–H groups in total. The number of hydrogen-bond donors (Lipinski definition) is 0. The van der Waals surface area contributed by atoms with Crippen molar-refractivity contribution >= 4 is 28.5 Å². The van der Waals surface area contributed by atoms with Gasteiger partial charge in [0, 0.05) is 62.2 Å². The first-order valence-corrected chi connectivity index (χ1v) is 10.8. The van der Waals surface area contributed by atoms with Gasteiger partial charge in [-0.2, -0.15) is 0 Å². The number of benzene rings is 2. The summed E-state index contributed by atoms with van der Waals surface area (Å²) in [5.74, 6) is 0.208. The monoisotopic (exact) mass is 407 g/mol. The van der Waals surface area contributed by atoms with Crippen LogP contribution < -0.4 is 0 Å². The zero-order chi connectivity index (χ0) is 21.3. The van der Waals surface area contributed by atoms with Crippen LogP contribution in [-0.2, 0) is 4.79 Å². The van der Waals surface area contributed by atoms with Crippen LogP contribution >= 0.6 is 0 Å². The highest BCUT2D eigenvalue weighted by Gasteiger charge is 2.32. The van der Waals surface area contributed by atoms with Crippen LogP contribution in [0.25, 0.3) is 10.8 Å². The molecule has 0 bridgehead atoms. The molecule has 0 spiro atoms. The maximum atomic E-state index is 12.9. The molecule has 1 fully saturated rings. The molecule has 0 aliphatic carbocycles. The van der Waals surface area contributed by atoms with Crippen molar-refractivity contribution in [3.63, 3.8) is 0 Å². The summed E-state index contributed by atoms with van der Waals surface area (Å²) in [6, 6.07) is 11.1. The van der Waals surface area contributed by atoms with Crippen molar-refractivity contribution in [2.24, 2.45) is 5.92 Å². The Morgan fingerprint density at radius 1 is 0.933 bits per heavy atom. The third-order valence-electron chi connectivity index (χ3n) is 5.98. The molecule has 2 aliphatic rings. The van der Waals surface area contributed by atoms with Gasteiger partial charge in [-0.25, -0.2) is 0 Å². The van der Waals surface area contributed by atoms with E-state index in [1.54, 1.807) is 12.1 Å². The van der Waals surface area contributed by atoms with Gasteiger partial charge >= 0.3 is 0 Å². The van der Waals surface area contributed by atoms with E-state index in [0.717, 1.165) is 43.5 Å². The molecule has 3 amide bonds. The van der Waals surface area contributed by atoms with Crippen LogP contribution in [0.1, 0.15) is 47.4 Å². The predicted octanol–water partition coefficient (Wildman–Crippen LogP) is 3.02. The lowest BCUT2D eigenvalue weighted by Crippen LogP contribution is -2.49. The van der Waals surface area contributed by atoms with Gasteiger partial charge in [0.05, 0.1) is 0 Å². The Morgan fingerprint density at radius 3 is 2.10 bits per heavy atom. The van der Waals surface area contributed by atoms with E-state index in [2.05, 4.69) is 18.7 Å². The van der Waals surface area contributed by atoms with E-state index in [1.165, 1.54) is 4.90 Å². The second-order valence-electron chi connectivity index (χ2n) is 8.65. The summed E-state index contributed by atoms with van der Waals surface area (Å²) < 4.78 is 0. The van der Waals surface area contributed by atoms with Gasteiger partial charge in [0.1, 0.15) is 0 Å². The summed E-state index contributed by atoms with van der Waals surface area (Å²) in [7, 11) is 0. The average molecular weight is 408 g/mol. The van der Waals surface area contributed by atoms with Crippen molar-refractivity contribution in [2.75, 3.05) is 39.3 Å². The summed E-state index contributed by atoms with van der Waals surface area (Å²) in [6.45, 7) is 9.07. The van der Waals surface area contributed by atoms with Crippen LogP contribution in [0.2, 0.25) is 0 Å². The van der Waals surface area contributed by atoms with Gasteiger partial charge in [-0.05, 0) is 29.9 Å². The van der Waals surface area contributed by atoms with Crippen LogP contribution in [0, 0.1) is 5.92 Å². The summed E-state index contributed by atoms with van der Waals surface area (Å²) in [5, 5.41) is 1.64. The molecule has 2 heterocycles. The van der Waals surface area contributed by atoms with Gasteiger partial charge in [-0.1, -0.05) is 38.1 Å². The minimum Gasteiger partial charge on any atom is -0.340 e. The van der Waals surface area contributed by atoms with E-state index in [4.69, 9.17) is 0 Å². The number of rotatable bonds is 6. The van der Waals surface area contributed by atoms with Crippen molar-refractivity contribution in [3.8, 4) is 0 Å². The van der Waals surface area contributed by atoms with Gasteiger partial charge in [-0.15, -0.1) is 0 Å². The van der Waals surface area contributed by atoms with E-state index in [9.17, 15) is 14.4 Å². The fraction of sp³-hybridized carbons (Fsp3) is 0.458. The molecule has 158 valence electrons. The highest BCUT2D eigenvalue weighted by atomic mass is 16.2. The van der Waals surface area contributed by atoms with Crippen LogP contribution in [0.15, 0.2) is 36.4 Å². The molecule has 30 heavy (non-hydrogen) atoms. The molecule has 2 aromatic carbocycles. The molecule has 1 saturated heterocycles. The Balaban J connectivity index is 1.34. The van der Waals surface area contributed by atoms with Crippen LogP contribution in [0.4, 0.5) is 0 Å². The third-order valence-corrected chi connectivity index (χ3v) is 5.98. The van der Waals surface area contributed by atoms with Gasteiger partial charge < -0.3 is 4.90 Å². The van der Waals surface area contributed by atoms with Crippen molar-refractivity contribution in [1.29, 1.82) is 0 Å². The molecule has 2 aromatic rings. The molecule has 6 heteroatoms. The fourth-order valence-corrected chi connectivity index (χ4v) is 4.53. The number of hydrogen-bond acceptors (Lipinski definition) is 4. The third kappa shape index (κ3) is 3.97. The van der Waals surface area contributed by atoms with E-state index in [1.807, 2.05) is 29.2 Å². The summed E-state index contributed by atoms with van der Waals surface area (Å²) in [5.41, 5.74) is 1.13. The van der Waals surface area contributed by atoms with Crippen LogP contribution in [-0.4, -0.2) is 71.7 Å². The fourth-order valence-electron chi connectivity index (χ4n) is 4.53. The second-order valence-corrected chi connectivity index (χ2v) is 8.65. The second kappa shape index (κ2) is 8.56. The number of carbonyl (C=O) groups excluding carboxylic acids is 3.